The molecule has 1 saturated heterocycles. The van der Waals surface area contributed by atoms with Gasteiger partial charge in [0.15, 0.2) is 0 Å². The minimum Gasteiger partial charge on any atom is -0.486 e. The Kier molecular flexibility index (Phi) is 8.43. The van der Waals surface area contributed by atoms with Gasteiger partial charge in [-0.1, -0.05) is 44.2 Å². The van der Waals surface area contributed by atoms with Gasteiger partial charge in [-0.25, -0.2) is 4.39 Å². The van der Waals surface area contributed by atoms with Crippen LogP contribution >= 0.6 is 0 Å². The van der Waals surface area contributed by atoms with E-state index < -0.39 is 0 Å². The average Bonchev–Trinajstić information content (AvgIpc) is 3.40. The van der Waals surface area contributed by atoms with Gasteiger partial charge in [-0.15, -0.1) is 0 Å². The third-order valence-corrected chi connectivity index (χ3v) is 8.03. The number of nitrogens with one attached hydrogen (secondary N) is 1. The van der Waals surface area contributed by atoms with E-state index in [0.29, 0.717) is 11.7 Å². The van der Waals surface area contributed by atoms with E-state index in [1.54, 1.807) is 12.1 Å². The number of hydrogen-bond acceptors (Lipinski definition) is 3. The number of ether oxygens (including phenoxy) is 1. The number of rotatable bonds is 9. The van der Waals surface area contributed by atoms with Crippen LogP contribution in [0.15, 0.2) is 66.7 Å². The second-order valence-corrected chi connectivity index (χ2v) is 11.1. The summed E-state index contributed by atoms with van der Waals surface area (Å²) in [6.45, 7) is 6.87. The maximum absolute atomic E-state index is 13.5. The van der Waals surface area contributed by atoms with E-state index >= 15 is 0 Å². The summed E-state index contributed by atoms with van der Waals surface area (Å²) in [5, 5.41) is 3.03. The van der Waals surface area contributed by atoms with Crippen molar-refractivity contribution in [1.82, 2.24) is 4.90 Å². The molecule has 5 rings (SSSR count). The first-order valence-corrected chi connectivity index (χ1v) is 14.1. The van der Waals surface area contributed by atoms with Crippen LogP contribution < -0.4 is 10.1 Å². The number of carbonyl (C=O) groups excluding carboxylic acids is 1. The molecule has 200 valence electrons. The van der Waals surface area contributed by atoms with Crippen molar-refractivity contribution < 1.29 is 13.9 Å². The van der Waals surface area contributed by atoms with Crippen molar-refractivity contribution in [2.24, 2.45) is 5.92 Å². The number of anilines is 1. The number of amides is 1. The molecule has 38 heavy (non-hydrogen) atoms. The SMILES string of the molecule is CC(C)C(=O)Nc1cccc(C2CCN(CCC(Oc3ccc(F)cc3)c3ccc4c(c3)CCC4)CC2)c1. The third kappa shape index (κ3) is 6.63. The minimum atomic E-state index is -0.248. The molecule has 0 radical (unpaired) electrons. The van der Waals surface area contributed by atoms with Gasteiger partial charge < -0.3 is 15.0 Å². The van der Waals surface area contributed by atoms with E-state index in [1.165, 1.54) is 47.2 Å². The van der Waals surface area contributed by atoms with Gasteiger partial charge >= 0.3 is 0 Å². The Morgan fingerprint density at radius 3 is 2.53 bits per heavy atom. The first-order valence-electron chi connectivity index (χ1n) is 14.1. The Morgan fingerprint density at radius 2 is 1.76 bits per heavy atom. The molecule has 2 aliphatic rings. The summed E-state index contributed by atoms with van der Waals surface area (Å²) >= 11 is 0. The summed E-state index contributed by atoms with van der Waals surface area (Å²) in [7, 11) is 0. The zero-order chi connectivity index (χ0) is 26.5. The lowest BCUT2D eigenvalue weighted by Crippen LogP contribution is -2.34. The van der Waals surface area contributed by atoms with Crippen LogP contribution in [0, 0.1) is 11.7 Å². The van der Waals surface area contributed by atoms with E-state index in [-0.39, 0.29) is 23.7 Å². The lowest BCUT2D eigenvalue weighted by Gasteiger charge is -2.33. The van der Waals surface area contributed by atoms with Crippen molar-refractivity contribution in [3.63, 3.8) is 0 Å². The molecule has 3 aromatic rings. The first kappa shape index (κ1) is 26.4. The summed E-state index contributed by atoms with van der Waals surface area (Å²) in [5.74, 6) is 0.986. The highest BCUT2D eigenvalue weighted by Gasteiger charge is 2.24. The van der Waals surface area contributed by atoms with Crippen LogP contribution in [-0.4, -0.2) is 30.4 Å². The van der Waals surface area contributed by atoms with Crippen molar-refractivity contribution in [3.05, 3.63) is 94.8 Å². The van der Waals surface area contributed by atoms with E-state index in [9.17, 15) is 9.18 Å². The highest BCUT2D eigenvalue weighted by atomic mass is 19.1. The van der Waals surface area contributed by atoms with Gasteiger partial charge in [0.25, 0.3) is 0 Å². The Labute approximate surface area is 226 Å². The topological polar surface area (TPSA) is 41.6 Å². The Bertz CT molecular complexity index is 1230. The van der Waals surface area contributed by atoms with Crippen LogP contribution in [0.2, 0.25) is 0 Å². The predicted molar refractivity (Wildman–Crippen MR) is 151 cm³/mol. The zero-order valence-electron chi connectivity index (χ0n) is 22.6. The third-order valence-electron chi connectivity index (χ3n) is 8.03. The number of hydrogen-bond donors (Lipinski definition) is 1. The second kappa shape index (κ2) is 12.1. The lowest BCUT2D eigenvalue weighted by atomic mass is 9.89. The average molecular weight is 515 g/mol. The highest BCUT2D eigenvalue weighted by molar-refractivity contribution is 5.92. The molecular weight excluding hydrogens is 475 g/mol. The lowest BCUT2D eigenvalue weighted by molar-refractivity contribution is -0.118. The van der Waals surface area contributed by atoms with Gasteiger partial charge in [-0.05, 0) is 110 Å². The molecule has 4 nitrogen and oxygen atoms in total. The fourth-order valence-corrected chi connectivity index (χ4v) is 5.71. The number of piperidine rings is 1. The fraction of sp³-hybridized carbons (Fsp3) is 0.424. The van der Waals surface area contributed by atoms with E-state index in [0.717, 1.165) is 51.0 Å². The van der Waals surface area contributed by atoms with E-state index in [4.69, 9.17) is 4.74 Å². The van der Waals surface area contributed by atoms with Crippen LogP contribution in [-0.2, 0) is 17.6 Å². The largest absolute Gasteiger partial charge is 0.486 e. The predicted octanol–water partition coefficient (Wildman–Crippen LogP) is 7.30. The van der Waals surface area contributed by atoms with Gasteiger partial charge in [0.1, 0.15) is 17.7 Å². The minimum absolute atomic E-state index is 0.0328. The summed E-state index contributed by atoms with van der Waals surface area (Å²) in [4.78, 5) is 14.7. The van der Waals surface area contributed by atoms with Crippen LogP contribution in [0.3, 0.4) is 0 Å². The van der Waals surface area contributed by atoms with E-state index in [1.807, 2.05) is 26.0 Å². The molecule has 0 aromatic heterocycles. The standard InChI is InChI=1S/C33H39FN2O2/c1-23(2)33(37)35-30-8-4-7-27(22-30)25-15-18-36(19-16-25)20-17-32(38-31-13-11-29(34)12-14-31)28-10-9-24-5-3-6-26(24)21-28/h4,7-14,21-23,25,32H,3,5-6,15-20H2,1-2H3,(H,35,37). The van der Waals surface area contributed by atoms with Crippen molar-refractivity contribution in [3.8, 4) is 5.75 Å². The van der Waals surface area contributed by atoms with Gasteiger partial charge in [0, 0.05) is 24.6 Å². The molecule has 0 bridgehead atoms. The summed E-state index contributed by atoms with van der Waals surface area (Å²) in [6, 6.07) is 21.5. The molecule has 0 saturated carbocycles. The molecule has 1 heterocycles. The van der Waals surface area contributed by atoms with Crippen molar-refractivity contribution in [2.75, 3.05) is 25.0 Å². The maximum Gasteiger partial charge on any atom is 0.226 e. The molecule has 1 fully saturated rings. The zero-order valence-corrected chi connectivity index (χ0v) is 22.6. The van der Waals surface area contributed by atoms with Gasteiger partial charge in [-0.2, -0.15) is 0 Å². The molecule has 1 N–H and O–H groups in total. The number of aryl methyl sites for hydroxylation is 2. The Morgan fingerprint density at radius 1 is 1.00 bits per heavy atom. The molecule has 5 heteroatoms. The van der Waals surface area contributed by atoms with E-state index in [2.05, 4.69) is 40.5 Å². The summed E-state index contributed by atoms with van der Waals surface area (Å²) in [5.41, 5.74) is 6.32. The summed E-state index contributed by atoms with van der Waals surface area (Å²) in [6.07, 6.45) is 6.56. The van der Waals surface area contributed by atoms with Gasteiger partial charge in [-0.3, -0.25) is 4.79 Å². The number of halogens is 1. The van der Waals surface area contributed by atoms with Crippen LogP contribution in [0.1, 0.15) is 73.8 Å². The molecular formula is C33H39FN2O2. The van der Waals surface area contributed by atoms with Gasteiger partial charge in [0.2, 0.25) is 5.91 Å². The van der Waals surface area contributed by atoms with Crippen LogP contribution in [0.4, 0.5) is 10.1 Å². The number of carbonyl (C=O) groups is 1. The highest BCUT2D eigenvalue weighted by Crippen LogP contribution is 2.33. The molecule has 1 amide bonds. The monoisotopic (exact) mass is 514 g/mol. The van der Waals surface area contributed by atoms with Crippen molar-refractivity contribution in [1.29, 1.82) is 0 Å². The number of benzene rings is 3. The normalized spacial score (nSPS) is 16.8. The Balaban J connectivity index is 1.20. The number of fused-ring (bicyclic) bond motifs is 1. The fourth-order valence-electron chi connectivity index (χ4n) is 5.71. The Hall–Kier alpha value is -3.18. The van der Waals surface area contributed by atoms with Crippen LogP contribution in [0.5, 0.6) is 5.75 Å². The second-order valence-electron chi connectivity index (χ2n) is 11.1. The van der Waals surface area contributed by atoms with Crippen molar-refractivity contribution >= 4 is 11.6 Å². The molecule has 3 aromatic carbocycles. The molecule has 0 spiro atoms. The number of likely N-dealkylation sites (tertiary alicyclic amines) is 1. The number of nitrogens with zero attached hydrogens (tertiary/aromatic N) is 1. The smallest absolute Gasteiger partial charge is 0.226 e. The molecule has 1 atom stereocenters. The van der Waals surface area contributed by atoms with Crippen molar-refractivity contribution in [2.45, 2.75) is 64.4 Å². The van der Waals surface area contributed by atoms with Gasteiger partial charge in [0.05, 0.1) is 0 Å². The molecule has 1 aliphatic heterocycles. The first-order chi connectivity index (χ1) is 18.4. The summed E-state index contributed by atoms with van der Waals surface area (Å²) < 4.78 is 19.9. The molecule has 1 unspecified atom stereocenters. The quantitative estimate of drug-likeness (QED) is 0.326. The molecule has 1 aliphatic carbocycles. The maximum atomic E-state index is 13.5. The van der Waals surface area contributed by atoms with Crippen LogP contribution in [0.25, 0.3) is 0 Å².